The van der Waals surface area contributed by atoms with Gasteiger partial charge in [-0.25, -0.2) is 22.0 Å². The number of rotatable bonds is 5. The molecule has 0 nitrogen and oxygen atoms in total. The third-order valence-corrected chi connectivity index (χ3v) is 1.42. The Morgan fingerprint density at radius 1 is 0.917 bits per heavy atom. The SMILES string of the molecule is [CH2]CC(F)C(F)[C@@H](F)C(F)CF. The van der Waals surface area contributed by atoms with Gasteiger partial charge >= 0.3 is 0 Å². The van der Waals surface area contributed by atoms with Crippen LogP contribution in [-0.2, 0) is 0 Å². The monoisotopic (exact) mass is 189 g/mol. The van der Waals surface area contributed by atoms with Crippen LogP contribution in [0.25, 0.3) is 0 Å². The Balaban J connectivity index is 3.99. The molecule has 4 atom stereocenters. The molecule has 3 unspecified atom stereocenters. The van der Waals surface area contributed by atoms with Gasteiger partial charge in [0, 0.05) is 0 Å². The van der Waals surface area contributed by atoms with E-state index in [9.17, 15) is 22.0 Å². The van der Waals surface area contributed by atoms with Crippen LogP contribution in [0.5, 0.6) is 0 Å². The molecule has 0 heterocycles. The van der Waals surface area contributed by atoms with E-state index in [2.05, 4.69) is 6.92 Å². The summed E-state index contributed by atoms with van der Waals surface area (Å²) in [5.41, 5.74) is 0. The van der Waals surface area contributed by atoms with E-state index in [1.54, 1.807) is 0 Å². The molecule has 0 aromatic carbocycles. The smallest absolute Gasteiger partial charge is 0.168 e. The van der Waals surface area contributed by atoms with E-state index in [0.29, 0.717) is 0 Å². The van der Waals surface area contributed by atoms with Crippen LogP contribution in [0, 0.1) is 6.92 Å². The molecule has 1 radical (unpaired) electrons. The summed E-state index contributed by atoms with van der Waals surface area (Å²) < 4.78 is 60.6. The van der Waals surface area contributed by atoms with Crippen molar-refractivity contribution in [3.63, 3.8) is 0 Å². The van der Waals surface area contributed by atoms with Gasteiger partial charge in [-0.2, -0.15) is 0 Å². The first-order valence-corrected chi connectivity index (χ1v) is 3.46. The number of hydrogen-bond acceptors (Lipinski definition) is 0. The van der Waals surface area contributed by atoms with E-state index in [1.165, 1.54) is 0 Å². The Labute approximate surface area is 67.8 Å². The topological polar surface area (TPSA) is 0 Å². The molecule has 5 heteroatoms. The largest absolute Gasteiger partial charge is 0.248 e. The summed E-state index contributed by atoms with van der Waals surface area (Å²) in [4.78, 5) is 0. The highest BCUT2D eigenvalue weighted by atomic mass is 19.2. The third kappa shape index (κ3) is 2.95. The number of halogens is 5. The Bertz CT molecular complexity index is 104. The van der Waals surface area contributed by atoms with Crippen molar-refractivity contribution < 1.29 is 22.0 Å². The molecule has 0 aromatic heterocycles. The van der Waals surface area contributed by atoms with Gasteiger partial charge in [-0.1, -0.05) is 6.92 Å². The maximum atomic E-state index is 12.4. The van der Waals surface area contributed by atoms with Crippen LogP contribution in [0.3, 0.4) is 0 Å². The van der Waals surface area contributed by atoms with Crippen LogP contribution < -0.4 is 0 Å². The molecule has 12 heavy (non-hydrogen) atoms. The quantitative estimate of drug-likeness (QED) is 0.583. The summed E-state index contributed by atoms with van der Waals surface area (Å²) >= 11 is 0. The molecule has 0 saturated heterocycles. The van der Waals surface area contributed by atoms with Crippen molar-refractivity contribution in [1.29, 1.82) is 0 Å². The van der Waals surface area contributed by atoms with Crippen LogP contribution >= 0.6 is 0 Å². The van der Waals surface area contributed by atoms with Crippen LogP contribution in [0.4, 0.5) is 22.0 Å². The molecular formula is C7H10F5. The lowest BCUT2D eigenvalue weighted by atomic mass is 10.1. The van der Waals surface area contributed by atoms with E-state index >= 15 is 0 Å². The first-order valence-electron chi connectivity index (χ1n) is 3.46. The molecule has 0 bridgehead atoms. The highest BCUT2D eigenvalue weighted by molar-refractivity contribution is 4.82. The molecule has 0 aliphatic rings. The molecule has 0 amide bonds. The van der Waals surface area contributed by atoms with Crippen molar-refractivity contribution in [3.8, 4) is 0 Å². The summed E-state index contributed by atoms with van der Waals surface area (Å²) in [6.07, 6.45) is -10.6. The van der Waals surface area contributed by atoms with Crippen molar-refractivity contribution in [3.05, 3.63) is 6.92 Å². The third-order valence-electron chi connectivity index (χ3n) is 1.42. The number of alkyl halides is 5. The van der Waals surface area contributed by atoms with Gasteiger partial charge in [-0.3, -0.25) is 0 Å². The first-order chi connectivity index (χ1) is 5.54. The zero-order valence-electron chi connectivity index (χ0n) is 6.32. The maximum Gasteiger partial charge on any atom is 0.168 e. The van der Waals surface area contributed by atoms with E-state index in [4.69, 9.17) is 0 Å². The lowest BCUT2D eigenvalue weighted by molar-refractivity contribution is 0.0250. The molecule has 0 rings (SSSR count). The summed E-state index contributed by atoms with van der Waals surface area (Å²) in [7, 11) is 0. The maximum absolute atomic E-state index is 12.4. The van der Waals surface area contributed by atoms with Crippen molar-refractivity contribution in [2.45, 2.75) is 31.1 Å². The zero-order chi connectivity index (χ0) is 9.72. The minimum Gasteiger partial charge on any atom is -0.248 e. The lowest BCUT2D eigenvalue weighted by Crippen LogP contribution is -2.35. The first kappa shape index (κ1) is 11.6. The second-order valence-electron chi connectivity index (χ2n) is 2.36. The molecular weight excluding hydrogens is 179 g/mol. The Hall–Kier alpha value is -0.350. The van der Waals surface area contributed by atoms with Crippen LogP contribution in [-0.4, -0.2) is 31.4 Å². The summed E-state index contributed by atoms with van der Waals surface area (Å²) in [6, 6.07) is 0. The van der Waals surface area contributed by atoms with Crippen molar-refractivity contribution in [2.75, 3.05) is 6.67 Å². The van der Waals surface area contributed by atoms with E-state index < -0.39 is 37.8 Å². The molecule has 73 valence electrons. The molecule has 0 N–H and O–H groups in total. The predicted molar refractivity (Wildman–Crippen MR) is 35.5 cm³/mol. The van der Waals surface area contributed by atoms with Crippen LogP contribution in [0.15, 0.2) is 0 Å². The van der Waals surface area contributed by atoms with Gasteiger partial charge in [0.1, 0.15) is 12.8 Å². The van der Waals surface area contributed by atoms with E-state index in [1.807, 2.05) is 0 Å². The standard InChI is InChI=1S/C7H10F5/c1-2-4(9)6(11)7(12)5(10)3-8/h4-7H,1-3H2/t4?,5?,6?,7-/m0/s1. The van der Waals surface area contributed by atoms with Crippen LogP contribution in [0.1, 0.15) is 6.42 Å². The molecule has 0 aromatic rings. The predicted octanol–water partition coefficient (Wildman–Crippen LogP) is 2.53. The Morgan fingerprint density at radius 3 is 1.67 bits per heavy atom. The van der Waals surface area contributed by atoms with Crippen LogP contribution in [0.2, 0.25) is 0 Å². The highest BCUT2D eigenvalue weighted by Crippen LogP contribution is 2.19. The normalized spacial score (nSPS) is 21.5. The second kappa shape index (κ2) is 5.32. The number of hydrogen-bond donors (Lipinski definition) is 0. The van der Waals surface area contributed by atoms with Crippen molar-refractivity contribution in [1.82, 2.24) is 0 Å². The highest BCUT2D eigenvalue weighted by Gasteiger charge is 2.35. The Morgan fingerprint density at radius 2 is 1.33 bits per heavy atom. The van der Waals surface area contributed by atoms with Gasteiger partial charge < -0.3 is 0 Å². The summed E-state index contributed by atoms with van der Waals surface area (Å²) in [5, 5.41) is 0. The van der Waals surface area contributed by atoms with Gasteiger partial charge in [-0.15, -0.1) is 0 Å². The second-order valence-corrected chi connectivity index (χ2v) is 2.36. The van der Waals surface area contributed by atoms with Gasteiger partial charge in [0.15, 0.2) is 18.5 Å². The summed E-state index contributed by atoms with van der Waals surface area (Å²) in [6.45, 7) is 1.33. The lowest BCUT2D eigenvalue weighted by Gasteiger charge is -2.17. The van der Waals surface area contributed by atoms with E-state index in [0.717, 1.165) is 0 Å². The van der Waals surface area contributed by atoms with Gasteiger partial charge in [0.2, 0.25) is 0 Å². The van der Waals surface area contributed by atoms with Gasteiger partial charge in [0.05, 0.1) is 0 Å². The molecule has 0 saturated carbocycles. The molecule has 0 fully saturated rings. The zero-order valence-corrected chi connectivity index (χ0v) is 6.32. The fourth-order valence-corrected chi connectivity index (χ4v) is 0.643. The molecule has 0 aliphatic heterocycles. The molecule has 0 spiro atoms. The fourth-order valence-electron chi connectivity index (χ4n) is 0.643. The Kier molecular flexibility index (Phi) is 5.17. The van der Waals surface area contributed by atoms with Crippen molar-refractivity contribution >= 4 is 0 Å². The van der Waals surface area contributed by atoms with Gasteiger partial charge in [-0.05, 0) is 6.42 Å². The van der Waals surface area contributed by atoms with Crippen molar-refractivity contribution in [2.24, 2.45) is 0 Å². The minimum absolute atomic E-state index is 0.499. The summed E-state index contributed by atoms with van der Waals surface area (Å²) in [5.74, 6) is 0. The average Bonchev–Trinajstić information content (AvgIpc) is 2.12. The minimum atomic E-state index is -2.74. The molecule has 0 aliphatic carbocycles. The van der Waals surface area contributed by atoms with E-state index in [-0.39, 0.29) is 0 Å². The van der Waals surface area contributed by atoms with Gasteiger partial charge in [0.25, 0.3) is 0 Å². The average molecular weight is 189 g/mol. The fraction of sp³-hybridized carbons (Fsp3) is 0.857.